The minimum absolute atomic E-state index is 0.0316. The van der Waals surface area contributed by atoms with Crippen molar-refractivity contribution in [2.24, 2.45) is 0 Å². The van der Waals surface area contributed by atoms with E-state index in [0.717, 1.165) is 17.1 Å². The third kappa shape index (κ3) is 2.99. The van der Waals surface area contributed by atoms with Crippen molar-refractivity contribution in [3.05, 3.63) is 54.3 Å². The molecule has 0 saturated heterocycles. The van der Waals surface area contributed by atoms with Crippen molar-refractivity contribution in [2.45, 2.75) is 17.4 Å². The predicted octanol–water partition coefficient (Wildman–Crippen LogP) is 2.62. The Morgan fingerprint density at radius 2 is 2.00 bits per heavy atom. The molecule has 0 aliphatic rings. The Bertz CT molecular complexity index is 1160. The summed E-state index contributed by atoms with van der Waals surface area (Å²) in [6, 6.07) is 13.8. The van der Waals surface area contributed by atoms with Gasteiger partial charge in [0.2, 0.25) is 10.0 Å². The standard InChI is InChI=1S/C17H15N3O4S2/c1-17(21,15-9-11-5-2-3-7-13(11)24-15)10-18-26(22,23)14-8-4-6-12-16(14)20-25-19-12/h2-9,18,21H,10H2,1H3/t17-/m1/s1. The number of aliphatic hydroxyl groups is 1. The van der Waals surface area contributed by atoms with Crippen molar-refractivity contribution in [3.63, 3.8) is 0 Å². The zero-order valence-electron chi connectivity index (χ0n) is 13.7. The second kappa shape index (κ2) is 6.13. The molecule has 0 unspecified atom stereocenters. The monoisotopic (exact) mass is 389 g/mol. The summed E-state index contributed by atoms with van der Waals surface area (Å²) in [5.74, 6) is 0.287. The number of hydrogen-bond donors (Lipinski definition) is 2. The molecule has 1 atom stereocenters. The number of hydrogen-bond acceptors (Lipinski definition) is 7. The first-order chi connectivity index (χ1) is 12.4. The quantitative estimate of drug-likeness (QED) is 0.544. The van der Waals surface area contributed by atoms with E-state index in [1.807, 2.05) is 18.2 Å². The van der Waals surface area contributed by atoms with Crippen molar-refractivity contribution in [2.75, 3.05) is 6.54 Å². The Kier molecular flexibility index (Phi) is 4.03. The van der Waals surface area contributed by atoms with Gasteiger partial charge in [0.25, 0.3) is 0 Å². The summed E-state index contributed by atoms with van der Waals surface area (Å²) in [5, 5.41) is 11.6. The third-order valence-corrected chi connectivity index (χ3v) is 6.08. The van der Waals surface area contributed by atoms with Crippen LogP contribution in [-0.2, 0) is 15.6 Å². The fourth-order valence-corrected chi connectivity index (χ4v) is 4.54. The number of nitrogens with one attached hydrogen (secondary N) is 1. The van der Waals surface area contributed by atoms with Crippen LogP contribution in [0.25, 0.3) is 22.0 Å². The highest BCUT2D eigenvalue weighted by Gasteiger charge is 2.30. The number of benzene rings is 2. The lowest BCUT2D eigenvalue weighted by Gasteiger charge is -2.21. The Morgan fingerprint density at radius 3 is 2.81 bits per heavy atom. The van der Waals surface area contributed by atoms with Gasteiger partial charge < -0.3 is 9.52 Å². The molecule has 7 nitrogen and oxygen atoms in total. The van der Waals surface area contributed by atoms with Crippen molar-refractivity contribution >= 4 is 43.8 Å². The van der Waals surface area contributed by atoms with Gasteiger partial charge in [0.05, 0.1) is 11.7 Å². The molecule has 2 aromatic heterocycles. The molecule has 4 rings (SSSR count). The minimum atomic E-state index is -3.88. The van der Waals surface area contributed by atoms with Crippen LogP contribution < -0.4 is 4.72 Å². The van der Waals surface area contributed by atoms with Gasteiger partial charge in [-0.05, 0) is 31.2 Å². The largest absolute Gasteiger partial charge is 0.458 e. The lowest BCUT2D eigenvalue weighted by atomic mass is 10.0. The molecule has 0 radical (unpaired) electrons. The summed E-state index contributed by atoms with van der Waals surface area (Å²) < 4.78 is 41.5. The SMILES string of the molecule is C[C@@](O)(CNS(=O)(=O)c1cccc2nsnc12)c1cc2ccccc2o1. The van der Waals surface area contributed by atoms with Crippen molar-refractivity contribution in [3.8, 4) is 0 Å². The maximum atomic E-state index is 12.7. The Hall–Kier alpha value is -2.33. The van der Waals surface area contributed by atoms with E-state index in [-0.39, 0.29) is 17.2 Å². The van der Waals surface area contributed by atoms with E-state index in [1.165, 1.54) is 13.0 Å². The van der Waals surface area contributed by atoms with Crippen LogP contribution in [0.5, 0.6) is 0 Å². The van der Waals surface area contributed by atoms with Crippen LogP contribution in [0.2, 0.25) is 0 Å². The summed E-state index contributed by atoms with van der Waals surface area (Å²) in [5.41, 5.74) is -0.0559. The fourth-order valence-electron chi connectivity index (χ4n) is 2.65. The van der Waals surface area contributed by atoms with Crippen LogP contribution >= 0.6 is 11.7 Å². The molecule has 0 saturated carbocycles. The van der Waals surface area contributed by atoms with Gasteiger partial charge in [-0.3, -0.25) is 0 Å². The molecule has 4 aromatic rings. The van der Waals surface area contributed by atoms with E-state index >= 15 is 0 Å². The van der Waals surface area contributed by atoms with Gasteiger partial charge in [0.15, 0.2) is 0 Å². The Balaban J connectivity index is 1.61. The van der Waals surface area contributed by atoms with Gasteiger partial charge in [-0.25, -0.2) is 13.1 Å². The first-order valence-corrected chi connectivity index (χ1v) is 10.0. The molecular weight excluding hydrogens is 374 g/mol. The maximum absolute atomic E-state index is 12.7. The highest BCUT2D eigenvalue weighted by molar-refractivity contribution is 7.89. The van der Waals surface area contributed by atoms with Gasteiger partial charge in [-0.2, -0.15) is 8.75 Å². The summed E-state index contributed by atoms with van der Waals surface area (Å²) >= 11 is 0.949. The molecule has 0 fully saturated rings. The average molecular weight is 389 g/mol. The molecule has 2 heterocycles. The van der Waals surface area contributed by atoms with Gasteiger partial charge in [0.1, 0.15) is 32.9 Å². The normalized spacial score (nSPS) is 14.7. The van der Waals surface area contributed by atoms with Crippen molar-refractivity contribution in [1.29, 1.82) is 0 Å². The molecule has 134 valence electrons. The zero-order chi connectivity index (χ0) is 18.4. The molecule has 0 aliphatic heterocycles. The van der Waals surface area contributed by atoms with E-state index in [9.17, 15) is 13.5 Å². The number of nitrogens with zero attached hydrogens (tertiary/aromatic N) is 2. The summed E-state index contributed by atoms with van der Waals surface area (Å²) in [6.45, 7) is 1.25. The maximum Gasteiger partial charge on any atom is 0.242 e. The second-order valence-electron chi connectivity index (χ2n) is 6.13. The van der Waals surface area contributed by atoms with E-state index in [4.69, 9.17) is 4.42 Å². The first kappa shape index (κ1) is 17.1. The lowest BCUT2D eigenvalue weighted by Crippen LogP contribution is -2.38. The lowest BCUT2D eigenvalue weighted by molar-refractivity contribution is 0.0412. The molecule has 0 aliphatic carbocycles. The summed E-state index contributed by atoms with van der Waals surface area (Å²) in [6.07, 6.45) is 0. The highest BCUT2D eigenvalue weighted by atomic mass is 32.2. The van der Waals surface area contributed by atoms with E-state index in [0.29, 0.717) is 16.6 Å². The molecule has 9 heteroatoms. The fraction of sp³-hybridized carbons (Fsp3) is 0.176. The third-order valence-electron chi connectivity index (χ3n) is 4.10. The molecular formula is C17H15N3O4S2. The number of aromatic nitrogens is 2. The topological polar surface area (TPSA) is 105 Å². The van der Waals surface area contributed by atoms with Gasteiger partial charge >= 0.3 is 0 Å². The van der Waals surface area contributed by atoms with E-state index in [2.05, 4.69) is 13.5 Å². The number of rotatable bonds is 5. The Morgan fingerprint density at radius 1 is 1.19 bits per heavy atom. The first-order valence-electron chi connectivity index (χ1n) is 7.79. The van der Waals surface area contributed by atoms with Crippen LogP contribution in [0.3, 0.4) is 0 Å². The molecule has 2 aromatic carbocycles. The van der Waals surface area contributed by atoms with E-state index < -0.39 is 15.6 Å². The smallest absolute Gasteiger partial charge is 0.242 e. The number of fused-ring (bicyclic) bond motifs is 2. The van der Waals surface area contributed by atoms with Crippen LogP contribution in [0.1, 0.15) is 12.7 Å². The van der Waals surface area contributed by atoms with Crippen molar-refractivity contribution < 1.29 is 17.9 Å². The van der Waals surface area contributed by atoms with E-state index in [1.54, 1.807) is 24.3 Å². The molecule has 2 N–H and O–H groups in total. The number of para-hydroxylation sites is 1. The molecule has 0 spiro atoms. The molecule has 26 heavy (non-hydrogen) atoms. The zero-order valence-corrected chi connectivity index (χ0v) is 15.3. The minimum Gasteiger partial charge on any atom is -0.458 e. The Labute approximate surface area is 153 Å². The highest BCUT2D eigenvalue weighted by Crippen LogP contribution is 2.28. The van der Waals surface area contributed by atoms with Crippen LogP contribution in [0.4, 0.5) is 0 Å². The van der Waals surface area contributed by atoms with Crippen LogP contribution in [0.15, 0.2) is 57.8 Å². The second-order valence-corrected chi connectivity index (χ2v) is 8.40. The van der Waals surface area contributed by atoms with Gasteiger partial charge in [-0.1, -0.05) is 24.3 Å². The number of furan rings is 1. The summed E-state index contributed by atoms with van der Waals surface area (Å²) in [7, 11) is -3.88. The van der Waals surface area contributed by atoms with Crippen molar-refractivity contribution in [1.82, 2.24) is 13.5 Å². The number of sulfonamides is 1. The van der Waals surface area contributed by atoms with Gasteiger partial charge in [0, 0.05) is 11.9 Å². The molecule has 0 amide bonds. The predicted molar refractivity (Wildman–Crippen MR) is 98.4 cm³/mol. The van der Waals surface area contributed by atoms with Gasteiger partial charge in [-0.15, -0.1) is 0 Å². The van der Waals surface area contributed by atoms with Crippen LogP contribution in [-0.4, -0.2) is 28.8 Å². The van der Waals surface area contributed by atoms with Crippen LogP contribution in [0, 0.1) is 0 Å². The average Bonchev–Trinajstić information content (AvgIpc) is 3.26. The summed E-state index contributed by atoms with van der Waals surface area (Å²) in [4.78, 5) is 0.0316. The molecule has 0 bridgehead atoms.